The number of nitrogens with one attached hydrogen (secondary N) is 1. The van der Waals surface area contributed by atoms with Gasteiger partial charge in [0.15, 0.2) is 11.5 Å². The van der Waals surface area contributed by atoms with E-state index in [-0.39, 0.29) is 11.9 Å². The maximum Gasteiger partial charge on any atom is 0.220 e. The van der Waals surface area contributed by atoms with Gasteiger partial charge in [0.2, 0.25) is 5.91 Å². The van der Waals surface area contributed by atoms with Crippen molar-refractivity contribution < 1.29 is 19.0 Å². The summed E-state index contributed by atoms with van der Waals surface area (Å²) >= 11 is 0. The molecule has 0 unspecified atom stereocenters. The Morgan fingerprint density at radius 2 is 1.77 bits per heavy atom. The lowest BCUT2D eigenvalue weighted by Crippen LogP contribution is -2.36. The van der Waals surface area contributed by atoms with Crippen LogP contribution in [0.15, 0.2) is 42.5 Å². The third-order valence-electron chi connectivity index (χ3n) is 4.08. The van der Waals surface area contributed by atoms with Gasteiger partial charge in [-0.2, -0.15) is 0 Å². The highest BCUT2D eigenvalue weighted by Gasteiger charge is 2.10. The molecule has 5 nitrogen and oxygen atoms in total. The van der Waals surface area contributed by atoms with E-state index >= 15 is 0 Å². The lowest BCUT2D eigenvalue weighted by atomic mass is 10.1. The Morgan fingerprint density at radius 3 is 2.46 bits per heavy atom. The lowest BCUT2D eigenvalue weighted by Gasteiger charge is -2.16. The minimum absolute atomic E-state index is 0.000619. The van der Waals surface area contributed by atoms with Crippen molar-refractivity contribution in [3.63, 3.8) is 0 Å². The van der Waals surface area contributed by atoms with Crippen molar-refractivity contribution in [2.24, 2.45) is 0 Å². The van der Waals surface area contributed by atoms with Crippen molar-refractivity contribution in [3.05, 3.63) is 53.6 Å². The summed E-state index contributed by atoms with van der Waals surface area (Å²) in [7, 11) is 3.20. The van der Waals surface area contributed by atoms with Crippen molar-refractivity contribution in [1.82, 2.24) is 5.32 Å². The van der Waals surface area contributed by atoms with Gasteiger partial charge in [-0.25, -0.2) is 0 Å². The quantitative estimate of drug-likeness (QED) is 0.746. The van der Waals surface area contributed by atoms with Crippen LogP contribution in [0.3, 0.4) is 0 Å². The molecule has 0 fully saturated rings. The molecule has 0 aromatic heterocycles. The maximum absolute atomic E-state index is 12.2. The molecule has 0 radical (unpaired) electrons. The number of amides is 1. The summed E-state index contributed by atoms with van der Waals surface area (Å²) in [4.78, 5) is 12.2. The van der Waals surface area contributed by atoms with E-state index < -0.39 is 0 Å². The van der Waals surface area contributed by atoms with Crippen LogP contribution in [0.5, 0.6) is 17.2 Å². The molecule has 2 rings (SSSR count). The Bertz CT molecular complexity index is 730. The minimum atomic E-state index is -0.0625. The Morgan fingerprint density at radius 1 is 1.04 bits per heavy atom. The lowest BCUT2D eigenvalue weighted by molar-refractivity contribution is -0.121. The van der Waals surface area contributed by atoms with Crippen molar-refractivity contribution >= 4 is 5.91 Å². The summed E-state index contributed by atoms with van der Waals surface area (Å²) in [6.45, 7) is 4.38. The Balaban J connectivity index is 1.78. The number of aryl methyl sites for hydroxylation is 2. The number of carbonyl (C=O) groups is 1. The van der Waals surface area contributed by atoms with Crippen molar-refractivity contribution in [2.45, 2.75) is 32.7 Å². The summed E-state index contributed by atoms with van der Waals surface area (Å²) in [6.07, 6.45) is 1.04. The van der Waals surface area contributed by atoms with E-state index in [4.69, 9.17) is 14.2 Å². The highest BCUT2D eigenvalue weighted by molar-refractivity contribution is 5.76. The number of rotatable bonds is 9. The fraction of sp³-hybridized carbons (Fsp3) is 0.381. The van der Waals surface area contributed by atoms with Crippen LogP contribution in [0.4, 0.5) is 0 Å². The Kier molecular flexibility index (Phi) is 7.33. The van der Waals surface area contributed by atoms with Gasteiger partial charge < -0.3 is 19.5 Å². The second kappa shape index (κ2) is 9.70. The third kappa shape index (κ3) is 5.69. The zero-order valence-corrected chi connectivity index (χ0v) is 15.9. The summed E-state index contributed by atoms with van der Waals surface area (Å²) in [5, 5.41) is 2.97. The summed E-state index contributed by atoms with van der Waals surface area (Å²) in [5.74, 6) is 2.20. The summed E-state index contributed by atoms with van der Waals surface area (Å²) < 4.78 is 16.3. The molecule has 5 heteroatoms. The van der Waals surface area contributed by atoms with Gasteiger partial charge in [-0.05, 0) is 49.6 Å². The standard InChI is InChI=1S/C21H27NO4/c1-15-7-5-6-8-18(15)26-14-16(2)22-21(23)12-10-17-9-11-19(24-3)20(13-17)25-4/h5-9,11,13,16H,10,12,14H2,1-4H3,(H,22,23)/t16-/m0/s1. The average Bonchev–Trinajstić information content (AvgIpc) is 2.65. The molecule has 140 valence electrons. The van der Waals surface area contributed by atoms with Crippen LogP contribution in [0.1, 0.15) is 24.5 Å². The molecule has 0 saturated carbocycles. The van der Waals surface area contributed by atoms with Crippen molar-refractivity contribution in [2.75, 3.05) is 20.8 Å². The molecule has 0 spiro atoms. The molecule has 2 aromatic rings. The highest BCUT2D eigenvalue weighted by atomic mass is 16.5. The average molecular weight is 357 g/mol. The monoisotopic (exact) mass is 357 g/mol. The molecule has 0 aliphatic carbocycles. The molecule has 0 heterocycles. The SMILES string of the molecule is COc1ccc(CCC(=O)N[C@@H](C)COc2ccccc2C)cc1OC. The molecule has 26 heavy (non-hydrogen) atoms. The number of hydrogen-bond donors (Lipinski definition) is 1. The molecule has 1 atom stereocenters. The molecule has 0 bridgehead atoms. The highest BCUT2D eigenvalue weighted by Crippen LogP contribution is 2.27. The van der Waals surface area contributed by atoms with E-state index in [2.05, 4.69) is 5.32 Å². The summed E-state index contributed by atoms with van der Waals surface area (Å²) in [6, 6.07) is 13.5. The largest absolute Gasteiger partial charge is 0.493 e. The van der Waals surface area contributed by atoms with Crippen LogP contribution >= 0.6 is 0 Å². The Labute approximate surface area is 155 Å². The molecule has 0 aliphatic rings. The van der Waals surface area contributed by atoms with Gasteiger partial charge in [0.05, 0.1) is 20.3 Å². The van der Waals surface area contributed by atoms with Gasteiger partial charge in [-0.3, -0.25) is 4.79 Å². The van der Waals surface area contributed by atoms with Crippen molar-refractivity contribution in [1.29, 1.82) is 0 Å². The first-order chi connectivity index (χ1) is 12.5. The van der Waals surface area contributed by atoms with Gasteiger partial charge in [-0.1, -0.05) is 24.3 Å². The van der Waals surface area contributed by atoms with E-state index in [1.54, 1.807) is 14.2 Å². The molecule has 0 aliphatic heterocycles. The number of benzene rings is 2. The fourth-order valence-electron chi connectivity index (χ4n) is 2.62. The van der Waals surface area contributed by atoms with Gasteiger partial charge in [0.1, 0.15) is 12.4 Å². The van der Waals surface area contributed by atoms with Crippen molar-refractivity contribution in [3.8, 4) is 17.2 Å². The summed E-state index contributed by atoms with van der Waals surface area (Å²) in [5.41, 5.74) is 2.11. The number of methoxy groups -OCH3 is 2. The van der Waals surface area contributed by atoms with Crippen LogP contribution in [-0.2, 0) is 11.2 Å². The topological polar surface area (TPSA) is 56.8 Å². The van der Waals surface area contributed by atoms with Crippen LogP contribution in [0.2, 0.25) is 0 Å². The molecule has 0 saturated heterocycles. The van der Waals surface area contributed by atoms with Gasteiger partial charge in [0.25, 0.3) is 0 Å². The van der Waals surface area contributed by atoms with E-state index in [1.807, 2.05) is 56.3 Å². The zero-order valence-electron chi connectivity index (χ0n) is 15.9. The van der Waals surface area contributed by atoms with Gasteiger partial charge in [-0.15, -0.1) is 0 Å². The predicted molar refractivity (Wildman–Crippen MR) is 102 cm³/mol. The van der Waals surface area contributed by atoms with Crippen LogP contribution in [0, 0.1) is 6.92 Å². The zero-order chi connectivity index (χ0) is 18.9. The van der Waals surface area contributed by atoms with E-state index in [9.17, 15) is 4.79 Å². The van der Waals surface area contributed by atoms with Gasteiger partial charge in [0, 0.05) is 6.42 Å². The molecule has 2 aromatic carbocycles. The van der Waals surface area contributed by atoms with Crippen LogP contribution < -0.4 is 19.5 Å². The molecule has 1 amide bonds. The number of hydrogen-bond acceptors (Lipinski definition) is 4. The third-order valence-corrected chi connectivity index (χ3v) is 4.08. The number of carbonyl (C=O) groups excluding carboxylic acids is 1. The first-order valence-electron chi connectivity index (χ1n) is 8.72. The van der Waals surface area contributed by atoms with E-state index in [1.165, 1.54) is 0 Å². The molecular weight excluding hydrogens is 330 g/mol. The maximum atomic E-state index is 12.2. The molecular formula is C21H27NO4. The smallest absolute Gasteiger partial charge is 0.220 e. The van der Waals surface area contributed by atoms with E-state index in [0.29, 0.717) is 30.9 Å². The molecule has 1 N–H and O–H groups in total. The first-order valence-corrected chi connectivity index (χ1v) is 8.72. The predicted octanol–water partition coefficient (Wildman–Crippen LogP) is 3.53. The second-order valence-electron chi connectivity index (χ2n) is 6.23. The fourth-order valence-corrected chi connectivity index (χ4v) is 2.62. The first kappa shape index (κ1) is 19.6. The van der Waals surface area contributed by atoms with Gasteiger partial charge >= 0.3 is 0 Å². The van der Waals surface area contributed by atoms with Crippen LogP contribution in [0.25, 0.3) is 0 Å². The second-order valence-corrected chi connectivity index (χ2v) is 6.23. The number of ether oxygens (including phenoxy) is 3. The normalized spacial score (nSPS) is 11.5. The number of para-hydroxylation sites is 1. The minimum Gasteiger partial charge on any atom is -0.493 e. The Hall–Kier alpha value is -2.69. The van der Waals surface area contributed by atoms with Crippen LogP contribution in [-0.4, -0.2) is 32.8 Å². The van der Waals surface area contributed by atoms with E-state index in [0.717, 1.165) is 16.9 Å².